The molecular weight excluding hydrogens is 406 g/mol. The topological polar surface area (TPSA) is 49.4 Å². The number of hydrogen-bond donors (Lipinski definition) is 1. The molecule has 0 heterocycles. The first-order valence-electron chi connectivity index (χ1n) is 11.6. The van der Waals surface area contributed by atoms with Gasteiger partial charge < -0.3 is 9.38 Å². The molecule has 0 saturated carbocycles. The Balaban J connectivity index is 1.74. The van der Waals surface area contributed by atoms with Crippen molar-refractivity contribution in [2.45, 2.75) is 56.3 Å². The molecule has 2 aromatic rings. The van der Waals surface area contributed by atoms with Gasteiger partial charge in [0, 0.05) is 37.1 Å². The van der Waals surface area contributed by atoms with Gasteiger partial charge in [-0.3, -0.25) is 0 Å². The third kappa shape index (κ3) is 8.43. The van der Waals surface area contributed by atoms with Crippen molar-refractivity contribution in [1.29, 1.82) is 0 Å². The summed E-state index contributed by atoms with van der Waals surface area (Å²) in [5.74, 6) is 0. The fourth-order valence-corrected chi connectivity index (χ4v) is 5.24. The molecule has 0 bridgehead atoms. The molecule has 0 aliphatic rings. The van der Waals surface area contributed by atoms with Gasteiger partial charge in [-0.15, -0.1) is 0 Å². The highest BCUT2D eigenvalue weighted by Gasteiger charge is 2.17. The summed E-state index contributed by atoms with van der Waals surface area (Å²) in [6.45, 7) is 1.74. The molecule has 0 aliphatic heterocycles. The summed E-state index contributed by atoms with van der Waals surface area (Å²) in [7, 11) is 7.16. The highest BCUT2D eigenvalue weighted by molar-refractivity contribution is 7.89. The number of nitrogens with zero attached hydrogens (tertiary/aromatic N) is 2. The van der Waals surface area contributed by atoms with Gasteiger partial charge in [0.15, 0.2) is 0 Å². The summed E-state index contributed by atoms with van der Waals surface area (Å²) >= 11 is 0. The van der Waals surface area contributed by atoms with E-state index in [4.69, 9.17) is 0 Å². The summed E-state index contributed by atoms with van der Waals surface area (Å²) in [4.78, 5) is 2.37. The summed E-state index contributed by atoms with van der Waals surface area (Å²) in [6.07, 6.45) is 9.59. The van der Waals surface area contributed by atoms with Crippen molar-refractivity contribution in [2.75, 3.05) is 53.2 Å². The van der Waals surface area contributed by atoms with E-state index in [2.05, 4.69) is 25.9 Å². The van der Waals surface area contributed by atoms with Gasteiger partial charge in [-0.1, -0.05) is 56.4 Å². The van der Waals surface area contributed by atoms with Crippen LogP contribution in [0.3, 0.4) is 0 Å². The van der Waals surface area contributed by atoms with E-state index < -0.39 is 10.0 Å². The van der Waals surface area contributed by atoms with Crippen molar-refractivity contribution in [3.63, 3.8) is 0 Å². The Hall–Kier alpha value is -1.63. The standard InChI is InChI=1S/C25H42N3O2S/c1-27(2)24-18-14-17-23-22(24)16-15-19-25(23)31(29,30)26-20-12-10-8-6-7-9-11-13-21-28(3,4)5/h14-19,26H,6-13,20-21H2,1-5H3/q+1. The zero-order valence-corrected chi connectivity index (χ0v) is 21.0. The number of hydrogen-bond acceptors (Lipinski definition) is 3. The van der Waals surface area contributed by atoms with E-state index in [1.807, 2.05) is 49.3 Å². The van der Waals surface area contributed by atoms with Crippen LogP contribution in [0.2, 0.25) is 0 Å². The Morgan fingerprint density at radius 1 is 0.774 bits per heavy atom. The van der Waals surface area contributed by atoms with Crippen LogP contribution >= 0.6 is 0 Å². The molecule has 0 atom stereocenters. The zero-order chi connectivity index (χ0) is 22.9. The van der Waals surface area contributed by atoms with Crippen LogP contribution in [0.1, 0.15) is 51.4 Å². The van der Waals surface area contributed by atoms with Crippen molar-refractivity contribution in [1.82, 2.24) is 4.72 Å². The average Bonchev–Trinajstić information content (AvgIpc) is 2.70. The molecule has 0 saturated heterocycles. The molecule has 6 heteroatoms. The van der Waals surface area contributed by atoms with Crippen molar-refractivity contribution < 1.29 is 12.9 Å². The molecule has 174 valence electrons. The van der Waals surface area contributed by atoms with Crippen molar-refractivity contribution in [3.8, 4) is 0 Å². The van der Waals surface area contributed by atoms with E-state index in [1.54, 1.807) is 6.07 Å². The number of anilines is 1. The second kappa shape index (κ2) is 11.8. The Morgan fingerprint density at radius 3 is 1.94 bits per heavy atom. The van der Waals surface area contributed by atoms with Crippen LogP contribution in [0.15, 0.2) is 41.3 Å². The van der Waals surface area contributed by atoms with E-state index in [1.165, 1.54) is 45.1 Å². The van der Waals surface area contributed by atoms with E-state index in [-0.39, 0.29) is 0 Å². The van der Waals surface area contributed by atoms with Gasteiger partial charge in [0.1, 0.15) is 0 Å². The number of quaternary nitrogens is 1. The molecule has 2 aromatic carbocycles. The lowest BCUT2D eigenvalue weighted by Gasteiger charge is -2.23. The van der Waals surface area contributed by atoms with Crippen LogP contribution in [0.5, 0.6) is 0 Å². The maximum absolute atomic E-state index is 12.9. The second-order valence-electron chi connectivity index (χ2n) is 9.76. The van der Waals surface area contributed by atoms with Crippen LogP contribution in [-0.2, 0) is 10.0 Å². The number of unbranched alkanes of at least 4 members (excludes halogenated alkanes) is 7. The minimum atomic E-state index is -3.52. The normalized spacial score (nSPS) is 12.4. The lowest BCUT2D eigenvalue weighted by Crippen LogP contribution is -2.35. The quantitative estimate of drug-likeness (QED) is 0.326. The largest absolute Gasteiger partial charge is 0.377 e. The van der Waals surface area contributed by atoms with Crippen LogP contribution < -0.4 is 9.62 Å². The molecule has 0 radical (unpaired) electrons. The maximum atomic E-state index is 12.9. The third-order valence-corrected chi connectivity index (χ3v) is 7.20. The number of fused-ring (bicyclic) bond motifs is 1. The van der Waals surface area contributed by atoms with Crippen LogP contribution in [0.25, 0.3) is 10.8 Å². The Kier molecular flexibility index (Phi) is 9.79. The molecule has 0 unspecified atom stereocenters. The molecule has 0 aromatic heterocycles. The maximum Gasteiger partial charge on any atom is 0.241 e. The number of benzene rings is 2. The molecule has 31 heavy (non-hydrogen) atoms. The summed E-state index contributed by atoms with van der Waals surface area (Å²) in [5, 5.41) is 1.73. The summed E-state index contributed by atoms with van der Waals surface area (Å²) < 4.78 is 29.7. The molecule has 0 spiro atoms. The minimum Gasteiger partial charge on any atom is -0.377 e. The van der Waals surface area contributed by atoms with E-state index in [9.17, 15) is 8.42 Å². The molecule has 1 N–H and O–H groups in total. The molecule has 0 amide bonds. The second-order valence-corrected chi connectivity index (χ2v) is 11.5. The molecule has 0 aliphatic carbocycles. The fourth-order valence-electron chi connectivity index (χ4n) is 3.94. The highest BCUT2D eigenvalue weighted by atomic mass is 32.2. The van der Waals surface area contributed by atoms with Gasteiger partial charge >= 0.3 is 0 Å². The third-order valence-electron chi connectivity index (χ3n) is 5.68. The summed E-state index contributed by atoms with van der Waals surface area (Å²) in [5.41, 5.74) is 1.02. The van der Waals surface area contributed by atoms with Gasteiger partial charge in [-0.05, 0) is 31.4 Å². The molecule has 5 nitrogen and oxygen atoms in total. The van der Waals surface area contributed by atoms with E-state index in [0.717, 1.165) is 33.8 Å². The first-order chi connectivity index (χ1) is 14.6. The molecule has 0 fully saturated rings. The van der Waals surface area contributed by atoms with E-state index in [0.29, 0.717) is 11.4 Å². The highest BCUT2D eigenvalue weighted by Crippen LogP contribution is 2.30. The zero-order valence-electron chi connectivity index (χ0n) is 20.2. The first-order valence-corrected chi connectivity index (χ1v) is 13.1. The van der Waals surface area contributed by atoms with Crippen molar-refractivity contribution >= 4 is 26.5 Å². The predicted molar refractivity (Wildman–Crippen MR) is 133 cm³/mol. The van der Waals surface area contributed by atoms with Crippen LogP contribution in [-0.4, -0.2) is 61.2 Å². The molecule has 2 rings (SSSR count). The number of rotatable bonds is 14. The fraction of sp³-hybridized carbons (Fsp3) is 0.600. The monoisotopic (exact) mass is 448 g/mol. The van der Waals surface area contributed by atoms with E-state index >= 15 is 0 Å². The van der Waals surface area contributed by atoms with Gasteiger partial charge in [-0.2, -0.15) is 0 Å². The Labute approximate surface area is 190 Å². The number of sulfonamides is 1. The van der Waals surface area contributed by atoms with Crippen LogP contribution in [0, 0.1) is 0 Å². The van der Waals surface area contributed by atoms with Gasteiger partial charge in [-0.25, -0.2) is 13.1 Å². The lowest BCUT2D eigenvalue weighted by atomic mass is 10.1. The smallest absolute Gasteiger partial charge is 0.241 e. The van der Waals surface area contributed by atoms with Gasteiger partial charge in [0.2, 0.25) is 10.0 Å². The SMILES string of the molecule is CN(C)c1cccc2c(S(=O)(=O)NCCCCCCCCCC[N+](C)(C)C)cccc12. The lowest BCUT2D eigenvalue weighted by molar-refractivity contribution is -0.870. The number of nitrogens with one attached hydrogen (secondary N) is 1. The van der Waals surface area contributed by atoms with Crippen molar-refractivity contribution in [2.24, 2.45) is 0 Å². The van der Waals surface area contributed by atoms with Crippen LogP contribution in [0.4, 0.5) is 5.69 Å². The molecular formula is C25H42N3O2S+. The Bertz CT molecular complexity index is 918. The van der Waals surface area contributed by atoms with Gasteiger partial charge in [0.05, 0.1) is 32.6 Å². The minimum absolute atomic E-state index is 0.363. The predicted octanol–water partition coefficient (Wildman–Crippen LogP) is 5.01. The Morgan fingerprint density at radius 2 is 1.32 bits per heavy atom. The average molecular weight is 449 g/mol. The summed E-state index contributed by atoms with van der Waals surface area (Å²) in [6, 6.07) is 11.3. The van der Waals surface area contributed by atoms with Gasteiger partial charge in [0.25, 0.3) is 0 Å². The first kappa shape index (κ1) is 25.6. The van der Waals surface area contributed by atoms with Crippen molar-refractivity contribution in [3.05, 3.63) is 36.4 Å².